The fourth-order valence-corrected chi connectivity index (χ4v) is 2.92. The second kappa shape index (κ2) is 6.58. The first kappa shape index (κ1) is 15.5. The Hall–Kier alpha value is -0.540. The number of allylic oxidation sites excluding steroid dienone is 1. The molecule has 2 aliphatic rings. The van der Waals surface area contributed by atoms with Gasteiger partial charge in [-0.15, -0.1) is 12.4 Å². The summed E-state index contributed by atoms with van der Waals surface area (Å²) in [7, 11) is 0. The van der Waals surface area contributed by atoms with Crippen molar-refractivity contribution in [1.29, 1.82) is 0 Å². The van der Waals surface area contributed by atoms with Gasteiger partial charge in [-0.25, -0.2) is 0 Å². The van der Waals surface area contributed by atoms with Gasteiger partial charge in [0.05, 0.1) is 5.54 Å². The summed E-state index contributed by atoms with van der Waals surface area (Å²) in [4.78, 5) is 12.2. The van der Waals surface area contributed by atoms with Gasteiger partial charge in [0.2, 0.25) is 5.91 Å². The van der Waals surface area contributed by atoms with Gasteiger partial charge in [-0.1, -0.05) is 24.5 Å². The molecule has 3 nitrogen and oxygen atoms in total. The van der Waals surface area contributed by atoms with Crippen molar-refractivity contribution in [3.63, 3.8) is 0 Å². The van der Waals surface area contributed by atoms with Gasteiger partial charge in [-0.2, -0.15) is 0 Å². The lowest BCUT2D eigenvalue weighted by atomic mass is 9.93. The number of halogens is 1. The summed E-state index contributed by atoms with van der Waals surface area (Å²) in [5.41, 5.74) is 6.94. The molecular weight excluding hydrogens is 248 g/mol. The summed E-state index contributed by atoms with van der Waals surface area (Å²) in [6, 6.07) is 0.156. The fraction of sp³-hybridized carbons (Fsp3) is 0.786. The van der Waals surface area contributed by atoms with Crippen molar-refractivity contribution < 1.29 is 4.79 Å². The smallest absolute Gasteiger partial charge is 0.240 e. The van der Waals surface area contributed by atoms with Crippen molar-refractivity contribution in [2.75, 3.05) is 0 Å². The molecule has 0 aromatic rings. The Kier molecular flexibility index (Phi) is 5.67. The van der Waals surface area contributed by atoms with E-state index in [1.807, 2.05) is 0 Å². The van der Waals surface area contributed by atoms with Gasteiger partial charge in [-0.05, 0) is 45.4 Å². The molecule has 1 unspecified atom stereocenters. The zero-order chi connectivity index (χ0) is 12.3. The lowest BCUT2D eigenvalue weighted by molar-refractivity contribution is -0.126. The average molecular weight is 273 g/mol. The van der Waals surface area contributed by atoms with Crippen LogP contribution in [0.2, 0.25) is 0 Å². The maximum absolute atomic E-state index is 12.2. The maximum atomic E-state index is 12.2. The van der Waals surface area contributed by atoms with Crippen LogP contribution in [0.4, 0.5) is 0 Å². The predicted molar refractivity (Wildman–Crippen MR) is 76.8 cm³/mol. The van der Waals surface area contributed by atoms with Gasteiger partial charge in [-0.3, -0.25) is 4.79 Å². The minimum absolute atomic E-state index is 0. The van der Waals surface area contributed by atoms with Crippen LogP contribution in [-0.2, 0) is 4.79 Å². The number of amides is 1. The van der Waals surface area contributed by atoms with Crippen molar-refractivity contribution in [3.8, 4) is 0 Å². The molecule has 1 amide bonds. The van der Waals surface area contributed by atoms with Gasteiger partial charge < -0.3 is 11.1 Å². The summed E-state index contributed by atoms with van der Waals surface area (Å²) in [6.07, 6.45) is 10.9. The Morgan fingerprint density at radius 1 is 1.33 bits per heavy atom. The van der Waals surface area contributed by atoms with Gasteiger partial charge in [0.1, 0.15) is 0 Å². The lowest BCUT2D eigenvalue weighted by Crippen LogP contribution is -2.54. The highest BCUT2D eigenvalue weighted by Crippen LogP contribution is 2.28. The SMILES string of the molecule is CC(NC(=O)C1(N)CCCC1)C1=CCCCC1.Cl. The second-order valence-electron chi connectivity index (χ2n) is 5.58. The van der Waals surface area contributed by atoms with Crippen molar-refractivity contribution in [2.45, 2.75) is 69.9 Å². The van der Waals surface area contributed by atoms with Gasteiger partial charge >= 0.3 is 0 Å². The molecule has 18 heavy (non-hydrogen) atoms. The van der Waals surface area contributed by atoms with E-state index >= 15 is 0 Å². The predicted octanol–water partition coefficient (Wildman–Crippen LogP) is 2.68. The van der Waals surface area contributed by atoms with E-state index < -0.39 is 5.54 Å². The second-order valence-corrected chi connectivity index (χ2v) is 5.58. The molecule has 3 N–H and O–H groups in total. The van der Waals surface area contributed by atoms with E-state index in [4.69, 9.17) is 5.73 Å². The molecule has 1 atom stereocenters. The zero-order valence-electron chi connectivity index (χ0n) is 11.2. The van der Waals surface area contributed by atoms with Crippen LogP contribution < -0.4 is 11.1 Å². The third kappa shape index (κ3) is 3.48. The molecule has 0 heterocycles. The molecule has 0 radical (unpaired) electrons. The topological polar surface area (TPSA) is 55.1 Å². The molecular formula is C14H25ClN2O. The molecule has 4 heteroatoms. The average Bonchev–Trinajstić information content (AvgIpc) is 2.78. The maximum Gasteiger partial charge on any atom is 0.240 e. The van der Waals surface area contributed by atoms with E-state index in [-0.39, 0.29) is 24.4 Å². The van der Waals surface area contributed by atoms with Crippen LogP contribution in [0.15, 0.2) is 11.6 Å². The first-order chi connectivity index (χ1) is 8.12. The summed E-state index contributed by atoms with van der Waals surface area (Å²) in [5.74, 6) is 0.0500. The van der Waals surface area contributed by atoms with Gasteiger partial charge in [0, 0.05) is 6.04 Å². The summed E-state index contributed by atoms with van der Waals surface area (Å²) >= 11 is 0. The molecule has 0 bridgehead atoms. The van der Waals surface area contributed by atoms with E-state index in [1.54, 1.807) is 0 Å². The highest BCUT2D eigenvalue weighted by atomic mass is 35.5. The summed E-state index contributed by atoms with van der Waals surface area (Å²) in [6.45, 7) is 2.08. The Morgan fingerprint density at radius 3 is 2.56 bits per heavy atom. The van der Waals surface area contributed by atoms with Crippen LogP contribution in [0.1, 0.15) is 58.3 Å². The molecule has 0 aromatic carbocycles. The van der Waals surface area contributed by atoms with Crippen LogP contribution in [0.5, 0.6) is 0 Å². The van der Waals surface area contributed by atoms with E-state index in [0.717, 1.165) is 38.5 Å². The first-order valence-electron chi connectivity index (χ1n) is 6.91. The van der Waals surface area contributed by atoms with Crippen molar-refractivity contribution in [2.24, 2.45) is 5.73 Å². The minimum Gasteiger partial charge on any atom is -0.348 e. The number of hydrogen-bond donors (Lipinski definition) is 2. The largest absolute Gasteiger partial charge is 0.348 e. The number of rotatable bonds is 3. The normalized spacial score (nSPS) is 23.8. The highest BCUT2D eigenvalue weighted by Gasteiger charge is 2.37. The molecule has 0 aliphatic heterocycles. The number of hydrogen-bond acceptors (Lipinski definition) is 2. The summed E-state index contributed by atoms with van der Waals surface area (Å²) in [5, 5.41) is 3.10. The molecule has 1 fully saturated rings. The molecule has 104 valence electrons. The molecule has 0 spiro atoms. The number of carbonyl (C=O) groups excluding carboxylic acids is 1. The monoisotopic (exact) mass is 272 g/mol. The molecule has 2 aliphatic carbocycles. The Bertz CT molecular complexity index is 322. The first-order valence-corrected chi connectivity index (χ1v) is 6.91. The van der Waals surface area contributed by atoms with E-state index in [1.165, 1.54) is 18.4 Å². The van der Waals surface area contributed by atoms with Crippen molar-refractivity contribution in [1.82, 2.24) is 5.32 Å². The number of nitrogens with two attached hydrogens (primary N) is 1. The Balaban J connectivity index is 0.00000162. The zero-order valence-corrected chi connectivity index (χ0v) is 12.0. The Morgan fingerprint density at radius 2 is 2.00 bits per heavy atom. The van der Waals surface area contributed by atoms with Crippen LogP contribution in [-0.4, -0.2) is 17.5 Å². The van der Waals surface area contributed by atoms with Crippen LogP contribution in [0, 0.1) is 0 Å². The van der Waals surface area contributed by atoms with E-state index in [2.05, 4.69) is 18.3 Å². The quantitative estimate of drug-likeness (QED) is 0.776. The summed E-state index contributed by atoms with van der Waals surface area (Å²) < 4.78 is 0. The third-order valence-electron chi connectivity index (χ3n) is 4.18. The van der Waals surface area contributed by atoms with E-state index in [0.29, 0.717) is 0 Å². The van der Waals surface area contributed by atoms with Crippen LogP contribution in [0.3, 0.4) is 0 Å². The lowest BCUT2D eigenvalue weighted by Gasteiger charge is -2.27. The van der Waals surface area contributed by atoms with E-state index in [9.17, 15) is 4.79 Å². The Labute approximate surface area is 116 Å². The number of carbonyl (C=O) groups is 1. The van der Waals surface area contributed by atoms with Gasteiger partial charge in [0.15, 0.2) is 0 Å². The molecule has 1 saturated carbocycles. The molecule has 0 aromatic heterocycles. The van der Waals surface area contributed by atoms with Gasteiger partial charge in [0.25, 0.3) is 0 Å². The fourth-order valence-electron chi connectivity index (χ4n) is 2.92. The van der Waals surface area contributed by atoms with Crippen LogP contribution >= 0.6 is 12.4 Å². The standard InChI is InChI=1S/C14H24N2O.ClH/c1-11(12-7-3-2-4-8-12)16-13(17)14(15)9-5-6-10-14;/h7,11H,2-6,8-10,15H2,1H3,(H,16,17);1H. The van der Waals surface area contributed by atoms with Crippen LogP contribution in [0.25, 0.3) is 0 Å². The molecule has 0 saturated heterocycles. The highest BCUT2D eigenvalue weighted by molar-refractivity contribution is 5.86. The molecule has 2 rings (SSSR count). The van der Waals surface area contributed by atoms with Crippen molar-refractivity contribution in [3.05, 3.63) is 11.6 Å². The third-order valence-corrected chi connectivity index (χ3v) is 4.18. The minimum atomic E-state index is -0.594. The number of nitrogens with one attached hydrogen (secondary N) is 1. The van der Waals surface area contributed by atoms with Crippen molar-refractivity contribution >= 4 is 18.3 Å².